The third-order valence-electron chi connectivity index (χ3n) is 2.22. The van der Waals surface area contributed by atoms with Crippen LogP contribution in [0.3, 0.4) is 0 Å². The average molecular weight is 277 g/mol. The molecule has 1 aromatic rings. The van der Waals surface area contributed by atoms with Crippen molar-refractivity contribution < 1.29 is 22.7 Å². The highest BCUT2D eigenvalue weighted by atomic mass is 19.4. The summed E-state index contributed by atoms with van der Waals surface area (Å²) in [5, 5.41) is 0. The highest BCUT2D eigenvalue weighted by Gasteiger charge is 2.31. The molecule has 0 aliphatic heterocycles. The molecule has 1 heterocycles. The molecule has 8 heteroatoms. The van der Waals surface area contributed by atoms with Gasteiger partial charge >= 0.3 is 12.1 Å². The minimum Gasteiger partial charge on any atom is -0.464 e. The molecule has 19 heavy (non-hydrogen) atoms. The molecule has 0 bridgehead atoms. The zero-order valence-corrected chi connectivity index (χ0v) is 10.6. The Kier molecular flexibility index (Phi) is 5.08. The minimum atomic E-state index is -4.32. The Morgan fingerprint density at radius 1 is 1.37 bits per heavy atom. The van der Waals surface area contributed by atoms with E-state index >= 15 is 0 Å². The zero-order chi connectivity index (χ0) is 14.5. The zero-order valence-electron chi connectivity index (χ0n) is 10.6. The van der Waals surface area contributed by atoms with Gasteiger partial charge in [0.2, 0.25) is 0 Å². The number of esters is 1. The monoisotopic (exact) mass is 277 g/mol. The van der Waals surface area contributed by atoms with Crippen LogP contribution >= 0.6 is 0 Å². The SMILES string of the molecule is CCCN(CC(F)(F)F)c1cnc(C(=O)OC)cn1. The van der Waals surface area contributed by atoms with E-state index in [0.717, 1.165) is 17.3 Å². The number of hydrogen-bond acceptors (Lipinski definition) is 5. The molecule has 0 saturated carbocycles. The summed E-state index contributed by atoms with van der Waals surface area (Å²) in [5.74, 6) is -0.608. The Morgan fingerprint density at radius 2 is 2.05 bits per heavy atom. The van der Waals surface area contributed by atoms with Gasteiger partial charge in [-0.25, -0.2) is 14.8 Å². The van der Waals surface area contributed by atoms with E-state index in [0.29, 0.717) is 6.42 Å². The fourth-order valence-corrected chi connectivity index (χ4v) is 1.46. The first-order valence-corrected chi connectivity index (χ1v) is 5.59. The van der Waals surface area contributed by atoms with Crippen molar-refractivity contribution in [1.82, 2.24) is 9.97 Å². The summed E-state index contributed by atoms with van der Waals surface area (Å²) in [4.78, 5) is 19.7. The van der Waals surface area contributed by atoms with Crippen molar-refractivity contribution >= 4 is 11.8 Å². The molecule has 0 radical (unpaired) electrons. The van der Waals surface area contributed by atoms with Gasteiger partial charge in [-0.05, 0) is 6.42 Å². The standard InChI is InChI=1S/C11H14F3N3O2/c1-3-4-17(7-11(12,13)14)9-6-15-8(5-16-9)10(18)19-2/h5-6H,3-4,7H2,1-2H3. The molecule has 0 spiro atoms. The number of hydrogen-bond donors (Lipinski definition) is 0. The molecule has 0 aromatic carbocycles. The van der Waals surface area contributed by atoms with Crippen LogP contribution in [-0.2, 0) is 4.74 Å². The summed E-state index contributed by atoms with van der Waals surface area (Å²) in [6, 6.07) is 0. The number of aromatic nitrogens is 2. The Hall–Kier alpha value is -1.86. The van der Waals surface area contributed by atoms with Crippen LogP contribution in [0.15, 0.2) is 12.4 Å². The van der Waals surface area contributed by atoms with Gasteiger partial charge in [-0.3, -0.25) is 0 Å². The van der Waals surface area contributed by atoms with E-state index in [1.165, 1.54) is 7.11 Å². The maximum Gasteiger partial charge on any atom is 0.405 e. The number of carbonyl (C=O) groups is 1. The second-order valence-electron chi connectivity index (χ2n) is 3.79. The molecule has 0 N–H and O–H groups in total. The summed E-state index contributed by atoms with van der Waals surface area (Å²) >= 11 is 0. The van der Waals surface area contributed by atoms with Crippen molar-refractivity contribution in [2.45, 2.75) is 19.5 Å². The van der Waals surface area contributed by atoms with Gasteiger partial charge in [-0.2, -0.15) is 13.2 Å². The number of rotatable bonds is 5. The Labute approximate surface area is 108 Å². The molecule has 5 nitrogen and oxygen atoms in total. The summed E-state index contributed by atoms with van der Waals surface area (Å²) in [5.41, 5.74) is -0.0466. The normalized spacial score (nSPS) is 11.2. The molecule has 1 rings (SSSR count). The molecule has 1 aromatic heterocycles. The van der Waals surface area contributed by atoms with Crippen LogP contribution in [0.5, 0.6) is 0 Å². The molecule has 0 aliphatic rings. The fourth-order valence-electron chi connectivity index (χ4n) is 1.46. The number of ether oxygens (including phenoxy) is 1. The lowest BCUT2D eigenvalue weighted by atomic mass is 10.3. The van der Waals surface area contributed by atoms with Crippen LogP contribution in [0, 0.1) is 0 Å². The number of anilines is 1. The lowest BCUT2D eigenvalue weighted by molar-refractivity contribution is -0.119. The molecule has 106 valence electrons. The van der Waals surface area contributed by atoms with Crippen LogP contribution < -0.4 is 4.90 Å². The number of carbonyl (C=O) groups excluding carboxylic acids is 1. The van der Waals surface area contributed by atoms with E-state index in [2.05, 4.69) is 14.7 Å². The van der Waals surface area contributed by atoms with Crippen molar-refractivity contribution in [3.63, 3.8) is 0 Å². The van der Waals surface area contributed by atoms with E-state index in [4.69, 9.17) is 0 Å². The molecule has 0 unspecified atom stereocenters. The summed E-state index contributed by atoms with van der Waals surface area (Å²) in [6.07, 6.45) is -1.55. The maximum atomic E-state index is 12.4. The molecule has 0 amide bonds. The molecule has 0 fully saturated rings. The fraction of sp³-hybridized carbons (Fsp3) is 0.545. The Morgan fingerprint density at radius 3 is 2.47 bits per heavy atom. The topological polar surface area (TPSA) is 55.3 Å². The number of halogens is 3. The van der Waals surface area contributed by atoms with Crippen LogP contribution in [0.4, 0.5) is 19.0 Å². The Balaban J connectivity index is 2.88. The van der Waals surface area contributed by atoms with Gasteiger partial charge in [0.25, 0.3) is 0 Å². The molecule has 0 saturated heterocycles. The predicted octanol–water partition coefficient (Wildman–Crippen LogP) is 2.04. The van der Waals surface area contributed by atoms with Crippen LogP contribution in [-0.4, -0.2) is 42.3 Å². The van der Waals surface area contributed by atoms with E-state index in [1.54, 1.807) is 6.92 Å². The minimum absolute atomic E-state index is 0.0466. The van der Waals surface area contributed by atoms with E-state index in [-0.39, 0.29) is 18.1 Å². The van der Waals surface area contributed by atoms with Gasteiger partial charge in [0.1, 0.15) is 12.4 Å². The second kappa shape index (κ2) is 6.35. The number of methoxy groups -OCH3 is 1. The first kappa shape index (κ1) is 15.2. The van der Waals surface area contributed by atoms with Crippen LogP contribution in [0.2, 0.25) is 0 Å². The van der Waals surface area contributed by atoms with Crippen molar-refractivity contribution in [2.75, 3.05) is 25.1 Å². The third-order valence-corrected chi connectivity index (χ3v) is 2.22. The smallest absolute Gasteiger partial charge is 0.405 e. The first-order chi connectivity index (χ1) is 8.87. The van der Waals surface area contributed by atoms with Gasteiger partial charge in [-0.1, -0.05) is 6.92 Å². The van der Waals surface area contributed by atoms with E-state index < -0.39 is 18.7 Å². The highest BCUT2D eigenvalue weighted by molar-refractivity contribution is 5.86. The van der Waals surface area contributed by atoms with E-state index in [9.17, 15) is 18.0 Å². The summed E-state index contributed by atoms with van der Waals surface area (Å²) in [6.45, 7) is 0.860. The average Bonchev–Trinajstić information content (AvgIpc) is 2.36. The van der Waals surface area contributed by atoms with Gasteiger partial charge in [0, 0.05) is 6.54 Å². The lowest BCUT2D eigenvalue weighted by Crippen LogP contribution is -2.35. The van der Waals surface area contributed by atoms with Crippen molar-refractivity contribution in [1.29, 1.82) is 0 Å². The van der Waals surface area contributed by atoms with Crippen molar-refractivity contribution in [3.05, 3.63) is 18.1 Å². The highest BCUT2D eigenvalue weighted by Crippen LogP contribution is 2.20. The summed E-state index contributed by atoms with van der Waals surface area (Å²) in [7, 11) is 1.19. The second-order valence-corrected chi connectivity index (χ2v) is 3.79. The van der Waals surface area contributed by atoms with Gasteiger partial charge in [0.05, 0.1) is 19.5 Å². The van der Waals surface area contributed by atoms with E-state index in [1.807, 2.05) is 0 Å². The summed E-state index contributed by atoms with van der Waals surface area (Å²) < 4.78 is 41.7. The Bertz CT molecular complexity index is 420. The molecule has 0 aliphatic carbocycles. The number of alkyl halides is 3. The lowest BCUT2D eigenvalue weighted by Gasteiger charge is -2.23. The predicted molar refractivity (Wildman–Crippen MR) is 61.9 cm³/mol. The van der Waals surface area contributed by atoms with Gasteiger partial charge in [0.15, 0.2) is 5.69 Å². The quantitative estimate of drug-likeness (QED) is 0.771. The van der Waals surface area contributed by atoms with Crippen LogP contribution in [0.1, 0.15) is 23.8 Å². The molecular formula is C11H14F3N3O2. The van der Waals surface area contributed by atoms with Crippen LogP contribution in [0.25, 0.3) is 0 Å². The largest absolute Gasteiger partial charge is 0.464 e. The van der Waals surface area contributed by atoms with Crippen molar-refractivity contribution in [2.24, 2.45) is 0 Å². The van der Waals surface area contributed by atoms with Gasteiger partial charge < -0.3 is 9.64 Å². The first-order valence-electron chi connectivity index (χ1n) is 5.59. The van der Waals surface area contributed by atoms with Crippen molar-refractivity contribution in [3.8, 4) is 0 Å². The number of nitrogens with zero attached hydrogens (tertiary/aromatic N) is 3. The maximum absolute atomic E-state index is 12.4. The van der Waals surface area contributed by atoms with Gasteiger partial charge in [-0.15, -0.1) is 0 Å². The third kappa shape index (κ3) is 4.72. The molecule has 0 atom stereocenters. The molecular weight excluding hydrogens is 263 g/mol.